The van der Waals surface area contributed by atoms with Gasteiger partial charge in [-0.2, -0.15) is 0 Å². The van der Waals surface area contributed by atoms with Crippen molar-refractivity contribution >= 4 is 11.6 Å². The van der Waals surface area contributed by atoms with Crippen LogP contribution in [0.2, 0.25) is 0 Å². The molecule has 32 heavy (non-hydrogen) atoms. The number of unbranched alkanes of at least 4 members (excludes halogenated alkanes) is 2. The third-order valence-electron chi connectivity index (χ3n) is 5.86. The molecule has 0 saturated carbocycles. The summed E-state index contributed by atoms with van der Waals surface area (Å²) in [6.07, 6.45) is 4.56. The van der Waals surface area contributed by atoms with E-state index < -0.39 is 0 Å². The topological polar surface area (TPSA) is 73.6 Å². The van der Waals surface area contributed by atoms with Crippen LogP contribution in [0.25, 0.3) is 0 Å². The van der Waals surface area contributed by atoms with E-state index in [2.05, 4.69) is 39.1 Å². The third-order valence-corrected chi connectivity index (χ3v) is 5.86. The lowest BCUT2D eigenvalue weighted by Gasteiger charge is -2.25. The summed E-state index contributed by atoms with van der Waals surface area (Å²) in [5, 5.41) is 3.18. The van der Waals surface area contributed by atoms with Gasteiger partial charge in [-0.05, 0) is 47.1 Å². The van der Waals surface area contributed by atoms with Gasteiger partial charge in [0.2, 0.25) is 5.91 Å². The van der Waals surface area contributed by atoms with Crippen LogP contribution >= 0.6 is 0 Å². The molecule has 5 heteroatoms. The van der Waals surface area contributed by atoms with E-state index in [9.17, 15) is 4.79 Å². The maximum Gasteiger partial charge on any atom is 0.224 e. The van der Waals surface area contributed by atoms with Crippen LogP contribution in [-0.2, 0) is 16.8 Å². The fraction of sp³-hybridized carbons (Fsp3) is 0.519. The Morgan fingerprint density at radius 3 is 2.25 bits per heavy atom. The van der Waals surface area contributed by atoms with Gasteiger partial charge in [0.25, 0.3) is 0 Å². The van der Waals surface area contributed by atoms with E-state index in [-0.39, 0.29) is 17.2 Å². The fourth-order valence-corrected chi connectivity index (χ4v) is 4.17. The van der Waals surface area contributed by atoms with Crippen LogP contribution in [0, 0.1) is 0 Å². The largest absolute Gasteiger partial charge is 0.496 e. The second-order valence-electron chi connectivity index (χ2n) is 9.36. The van der Waals surface area contributed by atoms with Crippen molar-refractivity contribution in [1.82, 2.24) is 0 Å². The lowest BCUT2D eigenvalue weighted by molar-refractivity contribution is -0.116. The highest BCUT2D eigenvalue weighted by Crippen LogP contribution is 2.40. The average molecular weight is 441 g/mol. The zero-order valence-corrected chi connectivity index (χ0v) is 20.6. The molecule has 2 aromatic carbocycles. The molecule has 0 fully saturated rings. The molecular weight excluding hydrogens is 400 g/mol. The minimum absolute atomic E-state index is 0.00317. The standard InChI is InChI=1S/C27H40N2O3/c1-7-8-9-11-20(26-23(31-5)12-10-13-24(26)32-6)17-25(30)29-22-16-19(18-28)14-15-21(22)27(2,3)4/h10,12-16,20H,7-9,11,17-18,28H2,1-6H3,(H,29,30). The fourth-order valence-electron chi connectivity index (χ4n) is 4.17. The normalized spacial score (nSPS) is 12.3. The number of amides is 1. The number of rotatable bonds is 11. The predicted molar refractivity (Wildman–Crippen MR) is 133 cm³/mol. The van der Waals surface area contributed by atoms with E-state index in [0.29, 0.717) is 13.0 Å². The first-order chi connectivity index (χ1) is 15.2. The number of benzene rings is 2. The number of nitrogens with one attached hydrogen (secondary N) is 1. The maximum atomic E-state index is 13.3. The second-order valence-corrected chi connectivity index (χ2v) is 9.36. The van der Waals surface area contributed by atoms with E-state index in [0.717, 1.165) is 59.6 Å². The molecule has 176 valence electrons. The summed E-state index contributed by atoms with van der Waals surface area (Å²) in [5.74, 6) is 1.51. The van der Waals surface area contributed by atoms with Crippen molar-refractivity contribution in [1.29, 1.82) is 0 Å². The zero-order valence-electron chi connectivity index (χ0n) is 20.6. The van der Waals surface area contributed by atoms with Crippen LogP contribution in [0.3, 0.4) is 0 Å². The third kappa shape index (κ3) is 6.73. The molecule has 0 saturated heterocycles. The van der Waals surface area contributed by atoms with Gasteiger partial charge in [0.1, 0.15) is 11.5 Å². The average Bonchev–Trinajstić information content (AvgIpc) is 2.77. The molecule has 1 amide bonds. The van der Waals surface area contributed by atoms with Crippen LogP contribution in [-0.4, -0.2) is 20.1 Å². The first-order valence-electron chi connectivity index (χ1n) is 11.6. The summed E-state index contributed by atoms with van der Waals surface area (Å²) >= 11 is 0. The summed E-state index contributed by atoms with van der Waals surface area (Å²) in [6, 6.07) is 11.9. The molecule has 0 radical (unpaired) electrons. The van der Waals surface area contributed by atoms with E-state index in [1.807, 2.05) is 30.3 Å². The number of ether oxygens (including phenoxy) is 2. The molecule has 0 bridgehead atoms. The number of carbonyl (C=O) groups excluding carboxylic acids is 1. The van der Waals surface area contributed by atoms with Gasteiger partial charge in [0, 0.05) is 24.2 Å². The van der Waals surface area contributed by atoms with Gasteiger partial charge in [0.15, 0.2) is 0 Å². The van der Waals surface area contributed by atoms with E-state index in [1.54, 1.807) is 14.2 Å². The summed E-state index contributed by atoms with van der Waals surface area (Å²) in [5.41, 5.74) is 9.66. The monoisotopic (exact) mass is 440 g/mol. The summed E-state index contributed by atoms with van der Waals surface area (Å²) in [6.45, 7) is 9.06. The van der Waals surface area contributed by atoms with Crippen molar-refractivity contribution in [3.63, 3.8) is 0 Å². The minimum atomic E-state index is -0.0951. The molecule has 0 aliphatic rings. The Balaban J connectivity index is 2.35. The molecule has 2 aromatic rings. The lowest BCUT2D eigenvalue weighted by atomic mass is 9.84. The first kappa shape index (κ1) is 25.7. The van der Waals surface area contributed by atoms with Gasteiger partial charge in [-0.1, -0.05) is 65.2 Å². The Labute approximate surface area is 193 Å². The molecular formula is C27H40N2O3. The van der Waals surface area contributed by atoms with Crippen molar-refractivity contribution in [3.05, 3.63) is 53.1 Å². The molecule has 0 spiro atoms. The number of methoxy groups -OCH3 is 2. The summed E-state index contributed by atoms with van der Waals surface area (Å²) in [7, 11) is 3.32. The van der Waals surface area contributed by atoms with E-state index in [4.69, 9.17) is 15.2 Å². The molecule has 5 nitrogen and oxygen atoms in total. The van der Waals surface area contributed by atoms with Crippen LogP contribution in [0.5, 0.6) is 11.5 Å². The SMILES string of the molecule is CCCCCC(CC(=O)Nc1cc(CN)ccc1C(C)(C)C)c1c(OC)cccc1OC. The van der Waals surface area contributed by atoms with Gasteiger partial charge >= 0.3 is 0 Å². The van der Waals surface area contributed by atoms with Crippen LogP contribution in [0.1, 0.15) is 82.4 Å². The Morgan fingerprint density at radius 1 is 1.06 bits per heavy atom. The smallest absolute Gasteiger partial charge is 0.224 e. The highest BCUT2D eigenvalue weighted by molar-refractivity contribution is 5.92. The van der Waals surface area contributed by atoms with Gasteiger partial charge in [-0.25, -0.2) is 0 Å². The number of hydrogen-bond acceptors (Lipinski definition) is 4. The van der Waals surface area contributed by atoms with Crippen molar-refractivity contribution in [2.45, 2.75) is 77.7 Å². The van der Waals surface area contributed by atoms with Crippen LogP contribution < -0.4 is 20.5 Å². The number of anilines is 1. The van der Waals surface area contributed by atoms with Crippen LogP contribution in [0.4, 0.5) is 5.69 Å². The molecule has 2 rings (SSSR count). The van der Waals surface area contributed by atoms with Crippen molar-refractivity contribution < 1.29 is 14.3 Å². The predicted octanol–water partition coefficient (Wildman–Crippen LogP) is 6.15. The second kappa shape index (κ2) is 11.9. The Morgan fingerprint density at radius 2 is 1.72 bits per heavy atom. The molecule has 0 aliphatic heterocycles. The molecule has 0 aromatic heterocycles. The van der Waals surface area contributed by atoms with E-state index >= 15 is 0 Å². The molecule has 1 atom stereocenters. The quantitative estimate of drug-likeness (QED) is 0.411. The molecule has 1 unspecified atom stereocenters. The highest BCUT2D eigenvalue weighted by Gasteiger charge is 2.25. The Bertz CT molecular complexity index is 865. The van der Waals surface area contributed by atoms with Gasteiger partial charge in [0.05, 0.1) is 14.2 Å². The Kier molecular flexibility index (Phi) is 9.58. The Hall–Kier alpha value is -2.53. The minimum Gasteiger partial charge on any atom is -0.496 e. The zero-order chi connectivity index (χ0) is 23.7. The molecule has 0 aliphatic carbocycles. The van der Waals surface area contributed by atoms with Crippen molar-refractivity contribution in [3.8, 4) is 11.5 Å². The number of nitrogens with two attached hydrogens (primary N) is 1. The van der Waals surface area contributed by atoms with Crippen LogP contribution in [0.15, 0.2) is 36.4 Å². The summed E-state index contributed by atoms with van der Waals surface area (Å²) in [4.78, 5) is 13.3. The van der Waals surface area contributed by atoms with Gasteiger partial charge in [-0.15, -0.1) is 0 Å². The molecule has 3 N–H and O–H groups in total. The first-order valence-corrected chi connectivity index (χ1v) is 11.6. The lowest BCUT2D eigenvalue weighted by Crippen LogP contribution is -2.21. The number of carbonyl (C=O) groups is 1. The van der Waals surface area contributed by atoms with Crippen molar-refractivity contribution in [2.75, 3.05) is 19.5 Å². The maximum absolute atomic E-state index is 13.3. The number of hydrogen-bond donors (Lipinski definition) is 2. The van der Waals surface area contributed by atoms with E-state index in [1.165, 1.54) is 0 Å². The highest BCUT2D eigenvalue weighted by atomic mass is 16.5. The van der Waals surface area contributed by atoms with Gasteiger partial charge in [-0.3, -0.25) is 4.79 Å². The van der Waals surface area contributed by atoms with Gasteiger partial charge < -0.3 is 20.5 Å². The summed E-state index contributed by atoms with van der Waals surface area (Å²) < 4.78 is 11.3. The molecule has 0 heterocycles. The van der Waals surface area contributed by atoms with Crippen molar-refractivity contribution in [2.24, 2.45) is 5.73 Å².